The molecule has 1 aromatic heterocycles. The van der Waals surface area contributed by atoms with E-state index in [-0.39, 0.29) is 0 Å². The van der Waals surface area contributed by atoms with Crippen LogP contribution in [-0.2, 0) is 0 Å². The van der Waals surface area contributed by atoms with Crippen molar-refractivity contribution in [2.75, 3.05) is 25.4 Å². The molecule has 1 aromatic rings. The fourth-order valence-corrected chi connectivity index (χ4v) is 2.39. The van der Waals surface area contributed by atoms with E-state index in [1.54, 1.807) is 0 Å². The Morgan fingerprint density at radius 1 is 1.00 bits per heavy atom. The summed E-state index contributed by atoms with van der Waals surface area (Å²) in [7, 11) is 0. The Morgan fingerprint density at radius 2 is 1.50 bits per heavy atom. The molecule has 2 nitrogen and oxygen atoms in total. The Hall–Kier alpha value is -0.820. The van der Waals surface area contributed by atoms with Crippen molar-refractivity contribution in [3.05, 3.63) is 23.5 Å². The van der Waals surface area contributed by atoms with Crippen LogP contribution in [0.1, 0.15) is 13.8 Å². The lowest BCUT2D eigenvalue weighted by Crippen LogP contribution is -2.25. The second kappa shape index (κ2) is 6.94. The van der Waals surface area contributed by atoms with Crippen LogP contribution in [0.4, 0.5) is 17.6 Å². The van der Waals surface area contributed by atoms with E-state index in [2.05, 4.69) is 4.98 Å². The van der Waals surface area contributed by atoms with E-state index in [1.165, 1.54) is 0 Å². The standard InChI is InChI=1S/C11H14F4N2S/c1-3-17(4-2)5-6-18-9-7(12)10(14)16-11(15)8(9)13/h3-6H2,1-2H3. The normalized spacial score (nSPS) is 11.3. The lowest BCUT2D eigenvalue weighted by molar-refractivity contribution is 0.323. The molecule has 0 unspecified atom stereocenters. The first-order chi connectivity index (χ1) is 8.51. The Morgan fingerprint density at radius 3 is 1.94 bits per heavy atom. The van der Waals surface area contributed by atoms with Crippen molar-refractivity contribution < 1.29 is 17.6 Å². The summed E-state index contributed by atoms with van der Waals surface area (Å²) in [5.41, 5.74) is 0. The number of rotatable bonds is 6. The molecular formula is C11H14F4N2S. The number of aromatic nitrogens is 1. The van der Waals surface area contributed by atoms with Crippen LogP contribution in [0, 0.1) is 23.5 Å². The van der Waals surface area contributed by atoms with Gasteiger partial charge in [0.2, 0.25) is 0 Å². The van der Waals surface area contributed by atoms with Crippen LogP contribution in [0.3, 0.4) is 0 Å². The van der Waals surface area contributed by atoms with Gasteiger partial charge in [0, 0.05) is 12.3 Å². The molecule has 0 aliphatic heterocycles. The molecule has 0 aliphatic carbocycles. The highest BCUT2D eigenvalue weighted by molar-refractivity contribution is 7.99. The number of nitrogens with zero attached hydrogens (tertiary/aromatic N) is 2. The molecule has 7 heteroatoms. The van der Waals surface area contributed by atoms with Gasteiger partial charge in [-0.2, -0.15) is 13.8 Å². The van der Waals surface area contributed by atoms with Crippen molar-refractivity contribution in [3.8, 4) is 0 Å². The van der Waals surface area contributed by atoms with Gasteiger partial charge < -0.3 is 4.90 Å². The third-order valence-corrected chi connectivity index (χ3v) is 3.54. The summed E-state index contributed by atoms with van der Waals surface area (Å²) in [6.07, 6.45) is 0. The van der Waals surface area contributed by atoms with Crippen molar-refractivity contribution in [1.82, 2.24) is 9.88 Å². The summed E-state index contributed by atoms with van der Waals surface area (Å²) in [6, 6.07) is 0. The number of halogens is 4. The predicted molar refractivity (Wildman–Crippen MR) is 62.6 cm³/mol. The first-order valence-electron chi connectivity index (χ1n) is 5.56. The number of thioether (sulfide) groups is 1. The second-order valence-corrected chi connectivity index (χ2v) is 4.63. The molecule has 0 saturated carbocycles. The molecule has 1 rings (SSSR count). The zero-order valence-electron chi connectivity index (χ0n) is 10.1. The molecule has 0 atom stereocenters. The van der Waals surface area contributed by atoms with Crippen molar-refractivity contribution in [3.63, 3.8) is 0 Å². The maximum Gasteiger partial charge on any atom is 0.252 e. The van der Waals surface area contributed by atoms with Crippen molar-refractivity contribution >= 4 is 11.8 Å². The van der Waals surface area contributed by atoms with Crippen LogP contribution in [0.2, 0.25) is 0 Å². The predicted octanol–water partition coefficient (Wildman–Crippen LogP) is 3.07. The zero-order chi connectivity index (χ0) is 13.7. The molecule has 0 N–H and O–H groups in total. The average Bonchev–Trinajstić information content (AvgIpc) is 2.36. The third kappa shape index (κ3) is 3.58. The highest BCUT2D eigenvalue weighted by atomic mass is 32.2. The highest BCUT2D eigenvalue weighted by Crippen LogP contribution is 2.27. The summed E-state index contributed by atoms with van der Waals surface area (Å²) in [5.74, 6) is -5.74. The minimum absolute atomic E-state index is 0.346. The van der Waals surface area contributed by atoms with Gasteiger partial charge >= 0.3 is 0 Å². The minimum atomic E-state index is -1.61. The van der Waals surface area contributed by atoms with Crippen molar-refractivity contribution in [1.29, 1.82) is 0 Å². The Balaban J connectivity index is 2.73. The van der Waals surface area contributed by atoms with E-state index in [0.717, 1.165) is 24.9 Å². The van der Waals surface area contributed by atoms with Crippen molar-refractivity contribution in [2.45, 2.75) is 18.7 Å². The summed E-state index contributed by atoms with van der Waals surface area (Å²) in [5, 5.41) is 0. The Labute approximate surface area is 107 Å². The maximum absolute atomic E-state index is 13.3. The van der Waals surface area contributed by atoms with Crippen LogP contribution in [0.5, 0.6) is 0 Å². The van der Waals surface area contributed by atoms with Gasteiger partial charge in [-0.3, -0.25) is 0 Å². The molecule has 1 heterocycles. The summed E-state index contributed by atoms with van der Waals surface area (Å²) < 4.78 is 52.1. The molecule has 0 bridgehead atoms. The quantitative estimate of drug-likeness (QED) is 0.453. The van der Waals surface area contributed by atoms with E-state index in [0.29, 0.717) is 12.3 Å². The molecule has 0 amide bonds. The maximum atomic E-state index is 13.3. The first kappa shape index (κ1) is 15.2. The van der Waals surface area contributed by atoms with Crippen LogP contribution < -0.4 is 0 Å². The molecule has 0 fully saturated rings. The van der Waals surface area contributed by atoms with Gasteiger partial charge in [0.1, 0.15) is 0 Å². The van der Waals surface area contributed by atoms with Crippen LogP contribution in [0.15, 0.2) is 4.90 Å². The van der Waals surface area contributed by atoms with Gasteiger partial charge in [0.05, 0.1) is 4.90 Å². The molecule has 0 radical (unpaired) electrons. The fraction of sp³-hybridized carbons (Fsp3) is 0.545. The number of pyridine rings is 1. The number of hydrogen-bond donors (Lipinski definition) is 0. The topological polar surface area (TPSA) is 16.1 Å². The van der Waals surface area contributed by atoms with Crippen LogP contribution >= 0.6 is 11.8 Å². The zero-order valence-corrected chi connectivity index (χ0v) is 11.0. The van der Waals surface area contributed by atoms with Gasteiger partial charge in [0.25, 0.3) is 11.9 Å². The van der Waals surface area contributed by atoms with E-state index >= 15 is 0 Å². The number of hydrogen-bond acceptors (Lipinski definition) is 3. The molecule has 0 saturated heterocycles. The third-order valence-electron chi connectivity index (χ3n) is 2.51. The van der Waals surface area contributed by atoms with Crippen LogP contribution in [-0.4, -0.2) is 35.3 Å². The summed E-state index contributed by atoms with van der Waals surface area (Å²) in [6.45, 7) is 6.12. The van der Waals surface area contributed by atoms with E-state index < -0.39 is 28.4 Å². The van der Waals surface area contributed by atoms with E-state index in [4.69, 9.17) is 0 Å². The van der Waals surface area contributed by atoms with Gasteiger partial charge in [-0.1, -0.05) is 13.8 Å². The largest absolute Gasteiger partial charge is 0.303 e. The summed E-state index contributed by atoms with van der Waals surface area (Å²) >= 11 is 0.749. The molecule has 18 heavy (non-hydrogen) atoms. The van der Waals surface area contributed by atoms with Gasteiger partial charge in [-0.15, -0.1) is 11.8 Å². The molecule has 0 aliphatic rings. The van der Waals surface area contributed by atoms with E-state index in [1.807, 2.05) is 18.7 Å². The van der Waals surface area contributed by atoms with Crippen molar-refractivity contribution in [2.24, 2.45) is 0 Å². The highest BCUT2D eigenvalue weighted by Gasteiger charge is 2.20. The Kier molecular flexibility index (Phi) is 5.87. The molecular weight excluding hydrogens is 268 g/mol. The van der Waals surface area contributed by atoms with Gasteiger partial charge in [-0.05, 0) is 13.1 Å². The Bertz CT molecular complexity index is 384. The lowest BCUT2D eigenvalue weighted by Gasteiger charge is -2.17. The summed E-state index contributed by atoms with van der Waals surface area (Å²) in [4.78, 5) is 3.89. The molecule has 0 aromatic carbocycles. The molecule has 0 spiro atoms. The van der Waals surface area contributed by atoms with Gasteiger partial charge in [-0.25, -0.2) is 8.78 Å². The lowest BCUT2D eigenvalue weighted by atomic mass is 10.4. The van der Waals surface area contributed by atoms with Crippen LogP contribution in [0.25, 0.3) is 0 Å². The fourth-order valence-electron chi connectivity index (χ4n) is 1.41. The average molecular weight is 282 g/mol. The SMILES string of the molecule is CCN(CC)CCSc1c(F)c(F)nc(F)c1F. The van der Waals surface area contributed by atoms with Gasteiger partial charge in [0.15, 0.2) is 11.6 Å². The second-order valence-electron chi connectivity index (χ2n) is 3.53. The monoisotopic (exact) mass is 282 g/mol. The van der Waals surface area contributed by atoms with E-state index in [9.17, 15) is 17.6 Å². The smallest absolute Gasteiger partial charge is 0.252 e. The minimum Gasteiger partial charge on any atom is -0.303 e. The first-order valence-corrected chi connectivity index (χ1v) is 6.54. The molecule has 102 valence electrons.